The monoisotopic (exact) mass is 284 g/mol. The van der Waals surface area contributed by atoms with E-state index in [1.807, 2.05) is 28.9 Å². The predicted octanol–water partition coefficient (Wildman–Crippen LogP) is 2.94. The van der Waals surface area contributed by atoms with E-state index in [4.69, 9.17) is 0 Å². The zero-order chi connectivity index (χ0) is 14.4. The SMILES string of the molecule is Cn1ccc2c3c(cnc21)CNC(=O)N3C1CCCCC1. The highest BCUT2D eigenvalue weighted by Gasteiger charge is 2.33. The highest BCUT2D eigenvalue weighted by atomic mass is 16.2. The average Bonchev–Trinajstić information content (AvgIpc) is 2.90. The summed E-state index contributed by atoms with van der Waals surface area (Å²) in [5.41, 5.74) is 3.15. The van der Waals surface area contributed by atoms with Gasteiger partial charge in [0.05, 0.1) is 5.69 Å². The Balaban J connectivity index is 1.88. The number of aromatic nitrogens is 2. The number of hydrogen-bond acceptors (Lipinski definition) is 2. The molecule has 110 valence electrons. The molecule has 5 nitrogen and oxygen atoms in total. The highest BCUT2D eigenvalue weighted by molar-refractivity contribution is 6.04. The summed E-state index contributed by atoms with van der Waals surface area (Å²) in [6.07, 6.45) is 9.85. The molecular weight excluding hydrogens is 264 g/mol. The van der Waals surface area contributed by atoms with E-state index in [1.54, 1.807) is 0 Å². The number of hydrogen-bond donors (Lipinski definition) is 1. The van der Waals surface area contributed by atoms with Crippen LogP contribution >= 0.6 is 0 Å². The van der Waals surface area contributed by atoms with E-state index in [2.05, 4.69) is 16.4 Å². The predicted molar refractivity (Wildman–Crippen MR) is 82.3 cm³/mol. The van der Waals surface area contributed by atoms with Crippen LogP contribution < -0.4 is 10.2 Å². The third-order valence-electron chi connectivity index (χ3n) is 4.77. The third kappa shape index (κ3) is 1.91. The summed E-state index contributed by atoms with van der Waals surface area (Å²) in [7, 11) is 2.00. The summed E-state index contributed by atoms with van der Waals surface area (Å²) in [4.78, 5) is 19.0. The van der Waals surface area contributed by atoms with Gasteiger partial charge in [-0.1, -0.05) is 19.3 Å². The van der Waals surface area contributed by atoms with Crippen LogP contribution in [0.4, 0.5) is 10.5 Å². The third-order valence-corrected chi connectivity index (χ3v) is 4.77. The van der Waals surface area contributed by atoms with Crippen molar-refractivity contribution in [2.45, 2.75) is 44.7 Å². The Labute approximate surface area is 123 Å². The molecular formula is C16H20N4O. The summed E-state index contributed by atoms with van der Waals surface area (Å²) >= 11 is 0. The van der Waals surface area contributed by atoms with Gasteiger partial charge in [0.1, 0.15) is 5.65 Å². The van der Waals surface area contributed by atoms with E-state index in [0.29, 0.717) is 12.6 Å². The molecule has 1 aliphatic carbocycles. The van der Waals surface area contributed by atoms with Gasteiger partial charge in [0.15, 0.2) is 0 Å². The lowest BCUT2D eigenvalue weighted by atomic mass is 9.93. The highest BCUT2D eigenvalue weighted by Crippen LogP contribution is 2.36. The number of carbonyl (C=O) groups excluding carboxylic acids is 1. The Bertz CT molecular complexity index is 700. The first-order valence-corrected chi connectivity index (χ1v) is 7.75. The van der Waals surface area contributed by atoms with E-state index in [1.165, 1.54) is 19.3 Å². The zero-order valence-electron chi connectivity index (χ0n) is 12.3. The summed E-state index contributed by atoms with van der Waals surface area (Å²) in [5.74, 6) is 0. The standard InChI is InChI=1S/C16H20N4O/c1-19-8-7-13-14-11(9-17-15(13)19)10-18-16(21)20(14)12-5-3-2-4-6-12/h7-9,12H,2-6,10H2,1H3,(H,18,21). The van der Waals surface area contributed by atoms with E-state index < -0.39 is 0 Å². The topological polar surface area (TPSA) is 50.2 Å². The van der Waals surface area contributed by atoms with Crippen LogP contribution in [0.5, 0.6) is 0 Å². The van der Waals surface area contributed by atoms with Crippen LogP contribution in [0, 0.1) is 0 Å². The number of carbonyl (C=O) groups is 1. The smallest absolute Gasteiger partial charge is 0.322 e. The minimum atomic E-state index is 0.0470. The number of nitrogens with zero attached hydrogens (tertiary/aromatic N) is 3. The summed E-state index contributed by atoms with van der Waals surface area (Å²) in [6.45, 7) is 0.579. The van der Waals surface area contributed by atoms with Crippen LogP contribution in [0.25, 0.3) is 11.0 Å². The molecule has 0 radical (unpaired) electrons. The second-order valence-electron chi connectivity index (χ2n) is 6.12. The van der Waals surface area contributed by atoms with E-state index in [-0.39, 0.29) is 6.03 Å². The van der Waals surface area contributed by atoms with Crippen LogP contribution in [0.3, 0.4) is 0 Å². The number of fused-ring (bicyclic) bond motifs is 3. The minimum absolute atomic E-state index is 0.0470. The quantitative estimate of drug-likeness (QED) is 0.875. The van der Waals surface area contributed by atoms with Gasteiger partial charge >= 0.3 is 6.03 Å². The Morgan fingerprint density at radius 3 is 2.90 bits per heavy atom. The summed E-state index contributed by atoms with van der Waals surface area (Å²) in [5, 5.41) is 4.09. The average molecular weight is 284 g/mol. The first kappa shape index (κ1) is 12.7. The second kappa shape index (κ2) is 4.76. The first-order valence-electron chi connectivity index (χ1n) is 7.75. The van der Waals surface area contributed by atoms with Gasteiger partial charge in [-0.25, -0.2) is 9.78 Å². The maximum atomic E-state index is 12.5. The number of pyridine rings is 1. The number of amides is 2. The zero-order valence-corrected chi connectivity index (χ0v) is 12.3. The first-order chi connectivity index (χ1) is 10.3. The molecule has 2 amide bonds. The number of nitrogens with one attached hydrogen (secondary N) is 1. The summed E-state index contributed by atoms with van der Waals surface area (Å²) < 4.78 is 2.02. The lowest BCUT2D eigenvalue weighted by Gasteiger charge is -2.38. The molecule has 1 saturated carbocycles. The van der Waals surface area contributed by atoms with Crippen LogP contribution in [0.1, 0.15) is 37.7 Å². The molecule has 0 atom stereocenters. The number of anilines is 1. The number of rotatable bonds is 1. The molecule has 0 unspecified atom stereocenters. The van der Waals surface area contributed by atoms with Gasteiger partial charge in [-0.05, 0) is 18.9 Å². The molecule has 1 aliphatic heterocycles. The van der Waals surface area contributed by atoms with Crippen molar-refractivity contribution >= 4 is 22.8 Å². The minimum Gasteiger partial charge on any atom is -0.336 e. The van der Waals surface area contributed by atoms with Gasteiger partial charge in [0.25, 0.3) is 0 Å². The van der Waals surface area contributed by atoms with Crippen molar-refractivity contribution in [3.63, 3.8) is 0 Å². The van der Waals surface area contributed by atoms with Crippen molar-refractivity contribution in [3.05, 3.63) is 24.0 Å². The van der Waals surface area contributed by atoms with Gasteiger partial charge in [-0.3, -0.25) is 4.90 Å². The Morgan fingerprint density at radius 1 is 1.29 bits per heavy atom. The van der Waals surface area contributed by atoms with Crippen LogP contribution in [-0.4, -0.2) is 21.6 Å². The molecule has 0 saturated heterocycles. The van der Waals surface area contributed by atoms with E-state index in [9.17, 15) is 4.79 Å². The molecule has 3 heterocycles. The maximum absolute atomic E-state index is 12.5. The number of aryl methyl sites for hydroxylation is 1. The van der Waals surface area contributed by atoms with Crippen molar-refractivity contribution in [1.82, 2.24) is 14.9 Å². The molecule has 2 aliphatic rings. The number of urea groups is 1. The summed E-state index contributed by atoms with van der Waals surface area (Å²) in [6, 6.07) is 2.45. The molecule has 5 heteroatoms. The molecule has 0 bridgehead atoms. The molecule has 2 aromatic rings. The van der Waals surface area contributed by atoms with Gasteiger partial charge in [0.2, 0.25) is 0 Å². The van der Waals surface area contributed by atoms with Gasteiger partial charge < -0.3 is 9.88 Å². The van der Waals surface area contributed by atoms with E-state index in [0.717, 1.165) is 35.1 Å². The van der Waals surface area contributed by atoms with Crippen molar-refractivity contribution in [3.8, 4) is 0 Å². The molecule has 1 fully saturated rings. The molecule has 0 aromatic carbocycles. The van der Waals surface area contributed by atoms with Gasteiger partial charge in [-0.2, -0.15) is 0 Å². The lowest BCUT2D eigenvalue weighted by molar-refractivity contribution is 0.239. The molecule has 0 spiro atoms. The van der Waals surface area contributed by atoms with Crippen molar-refractivity contribution in [2.75, 3.05) is 4.90 Å². The second-order valence-corrected chi connectivity index (χ2v) is 6.12. The normalized spacial score (nSPS) is 19.7. The molecule has 4 rings (SSSR count). The fraction of sp³-hybridized carbons (Fsp3) is 0.500. The van der Waals surface area contributed by atoms with Gasteiger partial charge in [-0.15, -0.1) is 0 Å². The maximum Gasteiger partial charge on any atom is 0.322 e. The van der Waals surface area contributed by atoms with E-state index >= 15 is 0 Å². The largest absolute Gasteiger partial charge is 0.336 e. The molecule has 1 N–H and O–H groups in total. The van der Waals surface area contributed by atoms with Crippen molar-refractivity contribution in [1.29, 1.82) is 0 Å². The van der Waals surface area contributed by atoms with Crippen molar-refractivity contribution in [2.24, 2.45) is 7.05 Å². The van der Waals surface area contributed by atoms with Gasteiger partial charge in [0, 0.05) is 43.0 Å². The Hall–Kier alpha value is -2.04. The fourth-order valence-corrected chi connectivity index (χ4v) is 3.70. The fourth-order valence-electron chi connectivity index (χ4n) is 3.70. The molecule has 2 aromatic heterocycles. The lowest BCUT2D eigenvalue weighted by Crippen LogP contribution is -2.50. The van der Waals surface area contributed by atoms with Crippen molar-refractivity contribution < 1.29 is 4.79 Å². The van der Waals surface area contributed by atoms with Crippen LogP contribution in [0.15, 0.2) is 18.5 Å². The Morgan fingerprint density at radius 2 is 2.10 bits per heavy atom. The van der Waals surface area contributed by atoms with Crippen LogP contribution in [-0.2, 0) is 13.6 Å². The molecule has 21 heavy (non-hydrogen) atoms. The van der Waals surface area contributed by atoms with Crippen LogP contribution in [0.2, 0.25) is 0 Å². The Kier molecular flexibility index (Phi) is 2.87.